The van der Waals surface area contributed by atoms with Crippen LogP contribution in [0.1, 0.15) is 51.7 Å². The Kier molecular flexibility index (Phi) is 8.67. The Hall–Kier alpha value is -3.74. The molecule has 11 heteroatoms. The molecule has 0 amide bonds. The SMILES string of the molecule is CN1C(=CC=C2CCC(C=CC3=[N+](C)c4ccc5cc(S(=O)(=O)O)ccc5c4C3(C)C)=C2Cl)C(C)(C)c2c1ccc1cc(SOOO)ccc21. The molecule has 0 aromatic heterocycles. The van der Waals surface area contributed by atoms with Gasteiger partial charge >= 0.3 is 0 Å². The first-order valence-electron chi connectivity index (χ1n) is 16.2. The third kappa shape index (κ3) is 5.63. The summed E-state index contributed by atoms with van der Waals surface area (Å²) in [6.45, 7) is 8.84. The quantitative estimate of drug-likeness (QED) is 0.0638. The Labute approximate surface area is 301 Å². The predicted molar refractivity (Wildman–Crippen MR) is 201 cm³/mol. The lowest BCUT2D eigenvalue weighted by Gasteiger charge is -2.24. The Bertz CT molecular complexity index is 2390. The number of rotatable bonds is 7. The summed E-state index contributed by atoms with van der Waals surface area (Å²) in [4.78, 5) is 2.96. The predicted octanol–water partition coefficient (Wildman–Crippen LogP) is 9.75. The lowest BCUT2D eigenvalue weighted by Crippen LogP contribution is -2.26. The van der Waals surface area contributed by atoms with Crippen LogP contribution in [0, 0.1) is 0 Å². The molecule has 50 heavy (non-hydrogen) atoms. The number of hydrogen-bond donors (Lipinski definition) is 2. The highest BCUT2D eigenvalue weighted by Crippen LogP contribution is 2.51. The van der Waals surface area contributed by atoms with E-state index in [9.17, 15) is 13.0 Å². The molecule has 2 aliphatic heterocycles. The normalized spacial score (nSPS) is 20.1. The zero-order chi connectivity index (χ0) is 35.7. The molecular weight excluding hydrogens is 692 g/mol. The van der Waals surface area contributed by atoms with Gasteiger partial charge in [0.1, 0.15) is 7.05 Å². The number of allylic oxidation sites excluding steroid dienone is 8. The van der Waals surface area contributed by atoms with Crippen LogP contribution in [-0.2, 0) is 30.3 Å². The van der Waals surface area contributed by atoms with Crippen LogP contribution in [0.25, 0.3) is 21.5 Å². The van der Waals surface area contributed by atoms with Gasteiger partial charge in [-0.15, -0.1) is 4.33 Å². The fourth-order valence-corrected chi connectivity index (χ4v) is 9.33. The fraction of sp³-hybridized carbons (Fsp3) is 0.256. The minimum Gasteiger partial charge on any atom is -0.347 e. The summed E-state index contributed by atoms with van der Waals surface area (Å²) in [7, 11) is -0.144. The van der Waals surface area contributed by atoms with Crippen molar-refractivity contribution in [2.45, 2.75) is 61.2 Å². The molecule has 0 saturated carbocycles. The van der Waals surface area contributed by atoms with Gasteiger partial charge in [-0.1, -0.05) is 60.8 Å². The number of fused-ring (bicyclic) bond motifs is 6. The summed E-state index contributed by atoms with van der Waals surface area (Å²) in [6.07, 6.45) is 10.3. The van der Waals surface area contributed by atoms with E-state index in [1.165, 1.54) is 23.4 Å². The van der Waals surface area contributed by atoms with Crippen molar-refractivity contribution >= 4 is 72.4 Å². The maximum absolute atomic E-state index is 11.8. The topological polar surface area (TPSA) is 99.3 Å². The van der Waals surface area contributed by atoms with Crippen LogP contribution in [-0.4, -0.2) is 42.6 Å². The van der Waals surface area contributed by atoms with E-state index in [1.54, 1.807) is 6.07 Å². The van der Waals surface area contributed by atoms with Gasteiger partial charge in [-0.3, -0.25) is 4.55 Å². The van der Waals surface area contributed by atoms with Gasteiger partial charge in [-0.25, -0.2) is 5.26 Å². The minimum atomic E-state index is -4.30. The summed E-state index contributed by atoms with van der Waals surface area (Å²) in [5, 5.41) is 17.0. The van der Waals surface area contributed by atoms with Crippen LogP contribution in [0.15, 0.2) is 117 Å². The van der Waals surface area contributed by atoms with E-state index in [4.69, 9.17) is 16.9 Å². The second-order valence-electron chi connectivity index (χ2n) is 14.1. The average molecular weight is 730 g/mol. The molecule has 8 nitrogen and oxygen atoms in total. The molecule has 4 aromatic carbocycles. The number of hydrogen-bond acceptors (Lipinski definition) is 7. The van der Waals surface area contributed by atoms with Crippen LogP contribution in [0.2, 0.25) is 0 Å². The van der Waals surface area contributed by atoms with Gasteiger partial charge < -0.3 is 4.90 Å². The molecule has 3 aliphatic rings. The molecule has 0 fully saturated rings. The standard InChI is InChI=1S/C39H37ClN2O6S2/c1-38(2)33(41(5)31-17-9-25-21-27(49-48-47-43)13-15-29(25)35(31)38)19-11-23-7-8-24(37(23)40)12-20-34-39(3,4)36-30-16-14-28(50(44,45)46)22-26(30)10-18-32(36)42(34)6/h9-22H,7-8H2,1-6H3,(H-,43,44,45,46)/p+1. The molecular formula is C39H38ClN2O6S2+. The Morgan fingerprint density at radius 1 is 0.900 bits per heavy atom. The molecule has 0 radical (unpaired) electrons. The lowest BCUT2D eigenvalue weighted by molar-refractivity contribution is -0.432. The lowest BCUT2D eigenvalue weighted by atomic mass is 9.79. The Morgan fingerprint density at radius 3 is 2.34 bits per heavy atom. The Morgan fingerprint density at radius 2 is 1.60 bits per heavy atom. The number of anilines is 1. The molecule has 0 spiro atoms. The molecule has 2 N–H and O–H groups in total. The molecule has 0 atom stereocenters. The molecule has 0 bridgehead atoms. The first kappa shape index (κ1) is 34.7. The van der Waals surface area contributed by atoms with Crippen molar-refractivity contribution in [3.63, 3.8) is 0 Å². The highest BCUT2D eigenvalue weighted by atomic mass is 35.5. The van der Waals surface area contributed by atoms with Crippen LogP contribution in [0.3, 0.4) is 0 Å². The van der Waals surface area contributed by atoms with Crippen molar-refractivity contribution in [1.82, 2.24) is 0 Å². The van der Waals surface area contributed by atoms with Gasteiger partial charge in [0.05, 0.1) is 22.4 Å². The molecule has 7 rings (SSSR count). The smallest absolute Gasteiger partial charge is 0.294 e. The summed E-state index contributed by atoms with van der Waals surface area (Å²) >= 11 is 8.01. The summed E-state index contributed by atoms with van der Waals surface area (Å²) in [5.41, 5.74) is 8.42. The van der Waals surface area contributed by atoms with Gasteiger partial charge in [0, 0.05) is 51.5 Å². The van der Waals surface area contributed by atoms with Gasteiger partial charge in [0.2, 0.25) is 5.69 Å². The van der Waals surface area contributed by atoms with E-state index in [2.05, 4.69) is 96.1 Å². The minimum absolute atomic E-state index is 0.113. The molecule has 4 aromatic rings. The second-order valence-corrected chi connectivity index (χ2v) is 16.6. The van der Waals surface area contributed by atoms with Crippen LogP contribution in [0.5, 0.6) is 0 Å². The van der Waals surface area contributed by atoms with Gasteiger partial charge in [0.25, 0.3) is 10.1 Å². The van der Waals surface area contributed by atoms with E-state index in [1.807, 2.05) is 31.3 Å². The third-order valence-electron chi connectivity index (χ3n) is 10.5. The first-order valence-corrected chi connectivity index (χ1v) is 18.8. The van der Waals surface area contributed by atoms with E-state index in [0.29, 0.717) is 0 Å². The molecule has 2 heterocycles. The van der Waals surface area contributed by atoms with Crippen LogP contribution >= 0.6 is 23.6 Å². The number of benzene rings is 4. The van der Waals surface area contributed by atoms with E-state index >= 15 is 0 Å². The van der Waals surface area contributed by atoms with Crippen molar-refractivity contribution < 1.29 is 32.2 Å². The maximum atomic E-state index is 11.8. The molecule has 258 valence electrons. The summed E-state index contributed by atoms with van der Waals surface area (Å²) in [6, 6.07) is 19.0. The highest BCUT2D eigenvalue weighted by molar-refractivity contribution is 7.94. The maximum Gasteiger partial charge on any atom is 0.294 e. The van der Waals surface area contributed by atoms with Crippen LogP contribution < -0.4 is 4.90 Å². The largest absolute Gasteiger partial charge is 0.347 e. The van der Waals surface area contributed by atoms with E-state index < -0.39 is 10.1 Å². The van der Waals surface area contributed by atoms with Gasteiger partial charge in [-0.05, 0) is 107 Å². The number of likely N-dealkylation sites (N-methyl/N-ethyl adjacent to an activating group) is 1. The molecule has 0 saturated heterocycles. The molecule has 0 unspecified atom stereocenters. The van der Waals surface area contributed by atoms with Crippen molar-refractivity contribution in [3.05, 3.63) is 118 Å². The van der Waals surface area contributed by atoms with E-state index in [0.717, 1.165) is 90.2 Å². The second kappa shape index (κ2) is 12.5. The van der Waals surface area contributed by atoms with E-state index in [-0.39, 0.29) is 15.7 Å². The van der Waals surface area contributed by atoms with Crippen molar-refractivity contribution in [2.24, 2.45) is 0 Å². The zero-order valence-electron chi connectivity index (χ0n) is 28.6. The zero-order valence-corrected chi connectivity index (χ0v) is 31.0. The first-order chi connectivity index (χ1) is 23.6. The summed E-state index contributed by atoms with van der Waals surface area (Å²) in [5.74, 6) is 0. The Balaban J connectivity index is 1.17. The monoisotopic (exact) mass is 729 g/mol. The van der Waals surface area contributed by atoms with Crippen LogP contribution in [0.4, 0.5) is 11.4 Å². The van der Waals surface area contributed by atoms with Crippen molar-refractivity contribution in [3.8, 4) is 0 Å². The summed E-state index contributed by atoms with van der Waals surface area (Å²) < 4.78 is 39.9. The third-order valence-corrected chi connectivity index (χ3v) is 12.4. The van der Waals surface area contributed by atoms with Crippen molar-refractivity contribution in [2.75, 3.05) is 19.0 Å². The number of nitrogens with zero attached hydrogens (tertiary/aromatic N) is 2. The number of halogens is 1. The van der Waals surface area contributed by atoms with Gasteiger partial charge in [-0.2, -0.15) is 13.0 Å². The van der Waals surface area contributed by atoms with Gasteiger partial charge in [0.15, 0.2) is 5.71 Å². The van der Waals surface area contributed by atoms with Crippen molar-refractivity contribution in [1.29, 1.82) is 0 Å². The average Bonchev–Trinajstić information content (AvgIpc) is 3.59. The molecule has 1 aliphatic carbocycles. The highest BCUT2D eigenvalue weighted by Gasteiger charge is 2.44. The fourth-order valence-electron chi connectivity index (χ4n) is 8.09.